The van der Waals surface area contributed by atoms with Crippen molar-refractivity contribution in [2.45, 2.75) is 58.9 Å². The van der Waals surface area contributed by atoms with Crippen LogP contribution in [0.2, 0.25) is 0 Å². The number of rotatable bonds is 5. The highest BCUT2D eigenvalue weighted by Crippen LogP contribution is 2.54. The van der Waals surface area contributed by atoms with E-state index in [1.165, 1.54) is 22.3 Å². The van der Waals surface area contributed by atoms with Gasteiger partial charge in [-0.3, -0.25) is 0 Å². The lowest BCUT2D eigenvalue weighted by atomic mass is 9.63. The minimum Gasteiger partial charge on any atom is -0.355 e. The van der Waals surface area contributed by atoms with Crippen LogP contribution in [0.15, 0.2) is 66.1 Å². The molecule has 0 bridgehead atoms. The number of aliphatic imine (C=N–C) groups is 1. The van der Waals surface area contributed by atoms with E-state index in [2.05, 4.69) is 73.9 Å². The number of amidine groups is 1. The first-order valence-electron chi connectivity index (χ1n) is 11.8. The molecular formula is C27H37N5. The topological polar surface area (TPSA) is 56.9 Å². The van der Waals surface area contributed by atoms with Crippen molar-refractivity contribution in [3.05, 3.63) is 77.8 Å². The van der Waals surface area contributed by atoms with Crippen LogP contribution in [0.25, 0.3) is 5.70 Å². The molecule has 170 valence electrons. The Labute approximate surface area is 193 Å². The van der Waals surface area contributed by atoms with E-state index in [0.717, 1.165) is 68.2 Å². The second kappa shape index (κ2) is 8.62. The molecule has 3 N–H and O–H groups in total. The molecule has 1 aromatic rings. The second-order valence-electron chi connectivity index (χ2n) is 9.45. The first-order chi connectivity index (χ1) is 15.3. The number of hydrogen-bond acceptors (Lipinski definition) is 5. The van der Waals surface area contributed by atoms with Gasteiger partial charge >= 0.3 is 0 Å². The van der Waals surface area contributed by atoms with Gasteiger partial charge in [0, 0.05) is 41.4 Å². The monoisotopic (exact) mass is 431 g/mol. The van der Waals surface area contributed by atoms with Crippen molar-refractivity contribution in [2.24, 2.45) is 16.3 Å². The zero-order valence-electron chi connectivity index (χ0n) is 19.9. The largest absolute Gasteiger partial charge is 0.355 e. The molecule has 2 aliphatic heterocycles. The molecule has 1 saturated heterocycles. The number of likely N-dealkylation sites (tertiary alicyclic amines) is 1. The Morgan fingerprint density at radius 3 is 2.84 bits per heavy atom. The molecule has 2 unspecified atom stereocenters. The maximum Gasteiger partial charge on any atom is 0.108 e. The lowest BCUT2D eigenvalue weighted by Gasteiger charge is -2.46. The van der Waals surface area contributed by atoms with Gasteiger partial charge in [0.1, 0.15) is 11.7 Å². The summed E-state index contributed by atoms with van der Waals surface area (Å²) in [5, 5.41) is 0. The van der Waals surface area contributed by atoms with Crippen LogP contribution in [0.1, 0.15) is 56.7 Å². The van der Waals surface area contributed by atoms with Gasteiger partial charge in [0.15, 0.2) is 0 Å². The fraction of sp³-hybridized carbons (Fsp3) is 0.444. The van der Waals surface area contributed by atoms with Crippen molar-refractivity contribution in [3.8, 4) is 0 Å². The number of allylic oxidation sites excluding steroid dienone is 1. The summed E-state index contributed by atoms with van der Waals surface area (Å²) < 4.78 is 0. The van der Waals surface area contributed by atoms with E-state index in [-0.39, 0.29) is 5.41 Å². The summed E-state index contributed by atoms with van der Waals surface area (Å²) >= 11 is 0. The van der Waals surface area contributed by atoms with Crippen molar-refractivity contribution in [3.63, 3.8) is 0 Å². The van der Waals surface area contributed by atoms with E-state index in [1.807, 2.05) is 6.08 Å². The fourth-order valence-electron chi connectivity index (χ4n) is 5.80. The van der Waals surface area contributed by atoms with Crippen molar-refractivity contribution in [1.82, 2.24) is 15.2 Å². The van der Waals surface area contributed by atoms with Crippen LogP contribution in [0.3, 0.4) is 0 Å². The van der Waals surface area contributed by atoms with E-state index in [1.54, 1.807) is 0 Å². The Kier molecular flexibility index (Phi) is 6.04. The van der Waals surface area contributed by atoms with Gasteiger partial charge in [0.05, 0.1) is 5.70 Å². The molecular weight excluding hydrogens is 394 g/mol. The molecule has 5 heteroatoms. The quantitative estimate of drug-likeness (QED) is 0.401. The maximum absolute atomic E-state index is 5.73. The average molecular weight is 432 g/mol. The van der Waals surface area contributed by atoms with Crippen molar-refractivity contribution >= 4 is 11.5 Å². The molecule has 3 aliphatic rings. The highest BCUT2D eigenvalue weighted by Gasteiger charge is 2.46. The van der Waals surface area contributed by atoms with Crippen molar-refractivity contribution in [2.75, 3.05) is 13.1 Å². The molecule has 32 heavy (non-hydrogen) atoms. The first kappa shape index (κ1) is 22.4. The number of hydrazine groups is 1. The second-order valence-corrected chi connectivity index (χ2v) is 9.45. The molecule has 0 aromatic heterocycles. The van der Waals surface area contributed by atoms with Crippen LogP contribution < -0.4 is 11.3 Å². The Morgan fingerprint density at radius 1 is 1.38 bits per heavy atom. The summed E-state index contributed by atoms with van der Waals surface area (Å²) in [5.74, 6) is 7.50. The minimum absolute atomic E-state index is 0.00666. The maximum atomic E-state index is 5.73. The molecule has 4 rings (SSSR count). The first-order valence-corrected chi connectivity index (χ1v) is 11.8. The highest BCUT2D eigenvalue weighted by atomic mass is 15.4. The SMILES string of the molecule is C=CCN1C(=C)C2=C(N=C1C)c1ccc(CC)cc1CC21CCC(C)N(C(=C)NN)CC1. The Bertz CT molecular complexity index is 1020. The Balaban J connectivity index is 1.87. The predicted octanol–water partition coefficient (Wildman–Crippen LogP) is 4.75. The number of nitrogens with two attached hydrogens (primary N) is 1. The number of benzene rings is 1. The summed E-state index contributed by atoms with van der Waals surface area (Å²) in [7, 11) is 0. The zero-order chi connectivity index (χ0) is 23.0. The number of nitrogens with one attached hydrogen (secondary N) is 1. The van der Waals surface area contributed by atoms with Crippen molar-refractivity contribution < 1.29 is 0 Å². The number of fused-ring (bicyclic) bond motifs is 3. The normalized spacial score (nSPS) is 25.2. The molecule has 0 amide bonds. The van der Waals surface area contributed by atoms with Crippen LogP contribution in [0, 0.1) is 5.41 Å². The van der Waals surface area contributed by atoms with Crippen LogP contribution in [0.4, 0.5) is 0 Å². The Morgan fingerprint density at radius 2 is 2.16 bits per heavy atom. The molecule has 0 saturated carbocycles. The van der Waals surface area contributed by atoms with Crippen molar-refractivity contribution in [1.29, 1.82) is 0 Å². The van der Waals surface area contributed by atoms with Crippen LogP contribution >= 0.6 is 0 Å². The summed E-state index contributed by atoms with van der Waals surface area (Å²) in [6.45, 7) is 20.9. The van der Waals surface area contributed by atoms with E-state index < -0.39 is 0 Å². The van der Waals surface area contributed by atoms with Gasteiger partial charge in [0.2, 0.25) is 0 Å². The third-order valence-electron chi connectivity index (χ3n) is 7.64. The molecule has 1 aromatic carbocycles. The third-order valence-corrected chi connectivity index (χ3v) is 7.64. The van der Waals surface area contributed by atoms with E-state index >= 15 is 0 Å². The van der Waals surface area contributed by atoms with Crippen LogP contribution in [-0.4, -0.2) is 34.8 Å². The van der Waals surface area contributed by atoms with Gasteiger partial charge in [-0.1, -0.05) is 44.4 Å². The zero-order valence-corrected chi connectivity index (χ0v) is 19.9. The number of aryl methyl sites for hydroxylation is 1. The molecule has 1 spiro atoms. The molecule has 2 heterocycles. The standard InChI is InChI=1S/C27H37N5/c1-7-14-32-19(4)25-26(29-20(32)5)24-10-9-22(8-2)16-23(24)17-27(25)12-11-18(3)31(15-13-27)21(6)30-28/h7,9-10,16,18,30H,1,4,6,8,11-15,17,28H2,2-3,5H3. The molecule has 1 aliphatic carbocycles. The van der Waals surface area contributed by atoms with Gasteiger partial charge in [-0.15, -0.1) is 6.58 Å². The van der Waals surface area contributed by atoms with E-state index in [4.69, 9.17) is 10.8 Å². The minimum atomic E-state index is -0.00666. The van der Waals surface area contributed by atoms with E-state index in [0.29, 0.717) is 6.04 Å². The summed E-state index contributed by atoms with van der Waals surface area (Å²) in [5.41, 5.74) is 10.4. The smallest absolute Gasteiger partial charge is 0.108 e. The molecule has 1 fully saturated rings. The summed E-state index contributed by atoms with van der Waals surface area (Å²) in [6, 6.07) is 7.29. The molecule has 2 atom stereocenters. The van der Waals surface area contributed by atoms with Crippen LogP contribution in [-0.2, 0) is 12.8 Å². The predicted molar refractivity (Wildman–Crippen MR) is 135 cm³/mol. The fourth-order valence-corrected chi connectivity index (χ4v) is 5.80. The average Bonchev–Trinajstić information content (AvgIpc) is 2.94. The molecule has 5 nitrogen and oxygen atoms in total. The van der Waals surface area contributed by atoms with Gasteiger partial charge in [0.25, 0.3) is 0 Å². The lowest BCUT2D eigenvalue weighted by molar-refractivity contribution is 0.249. The van der Waals surface area contributed by atoms with Crippen LogP contribution in [0.5, 0.6) is 0 Å². The van der Waals surface area contributed by atoms with E-state index in [9.17, 15) is 0 Å². The third kappa shape index (κ3) is 3.58. The van der Waals surface area contributed by atoms with Gasteiger partial charge in [-0.25, -0.2) is 10.8 Å². The Hall–Kier alpha value is -2.79. The summed E-state index contributed by atoms with van der Waals surface area (Å²) in [6.07, 6.45) is 7.17. The number of hydrogen-bond donors (Lipinski definition) is 2. The summed E-state index contributed by atoms with van der Waals surface area (Å²) in [4.78, 5) is 9.70. The highest BCUT2D eigenvalue weighted by molar-refractivity contribution is 5.94. The number of nitrogens with zero attached hydrogens (tertiary/aromatic N) is 3. The lowest BCUT2D eigenvalue weighted by Crippen LogP contribution is -2.42. The molecule has 0 radical (unpaired) electrons. The van der Waals surface area contributed by atoms with Gasteiger partial charge in [-0.05, 0) is 57.1 Å². The van der Waals surface area contributed by atoms with Gasteiger partial charge < -0.3 is 15.2 Å². The van der Waals surface area contributed by atoms with Gasteiger partial charge in [-0.2, -0.15) is 0 Å².